The van der Waals surface area contributed by atoms with E-state index in [4.69, 9.17) is 9.84 Å². The van der Waals surface area contributed by atoms with Gasteiger partial charge in [0.05, 0.1) is 0 Å². The van der Waals surface area contributed by atoms with E-state index in [-0.39, 0.29) is 0 Å². The van der Waals surface area contributed by atoms with Crippen molar-refractivity contribution in [1.82, 2.24) is 0 Å². The number of benzene rings is 1. The highest BCUT2D eigenvalue weighted by atomic mass is 32.1. The third-order valence-corrected chi connectivity index (χ3v) is 4.47. The molecule has 0 unspecified atom stereocenters. The molecule has 0 fully saturated rings. The summed E-state index contributed by atoms with van der Waals surface area (Å²) in [5, 5.41) is 10.5. The Morgan fingerprint density at radius 1 is 1.29 bits per heavy atom. The van der Waals surface area contributed by atoms with Gasteiger partial charge in [0, 0.05) is 11.0 Å². The van der Waals surface area contributed by atoms with Gasteiger partial charge in [-0.3, -0.25) is 0 Å². The van der Waals surface area contributed by atoms with Crippen molar-refractivity contribution < 1.29 is 14.6 Å². The van der Waals surface area contributed by atoms with Crippen LogP contribution in [0.25, 0.3) is 6.08 Å². The van der Waals surface area contributed by atoms with Crippen molar-refractivity contribution >= 4 is 23.4 Å². The van der Waals surface area contributed by atoms with Gasteiger partial charge in [0.25, 0.3) is 0 Å². The van der Waals surface area contributed by atoms with Crippen molar-refractivity contribution in [3.05, 3.63) is 57.3 Å². The Hall–Kier alpha value is -2.07. The van der Waals surface area contributed by atoms with Gasteiger partial charge in [0.15, 0.2) is 0 Å². The molecule has 4 heteroatoms. The number of thiophene rings is 1. The minimum atomic E-state index is -0.933. The number of hydrogen-bond donors (Lipinski definition) is 1. The van der Waals surface area contributed by atoms with Gasteiger partial charge in [-0.1, -0.05) is 6.07 Å². The van der Waals surface area contributed by atoms with Crippen LogP contribution in [0.1, 0.15) is 28.0 Å². The first kappa shape index (κ1) is 13.9. The fraction of sp³-hybridized carbons (Fsp3) is 0.235. The minimum absolute atomic E-state index is 0.518. The van der Waals surface area contributed by atoms with Crippen molar-refractivity contribution in [2.75, 3.05) is 0 Å². The van der Waals surface area contributed by atoms with Gasteiger partial charge in [-0.05, 0) is 65.6 Å². The first-order valence-corrected chi connectivity index (χ1v) is 7.82. The van der Waals surface area contributed by atoms with Gasteiger partial charge in [-0.15, -0.1) is 11.3 Å². The summed E-state index contributed by atoms with van der Waals surface area (Å²) in [5.41, 5.74) is 3.75. The quantitative estimate of drug-likeness (QED) is 0.851. The number of hydrogen-bond acceptors (Lipinski definition) is 3. The van der Waals surface area contributed by atoms with Crippen LogP contribution in [0.2, 0.25) is 0 Å². The lowest BCUT2D eigenvalue weighted by Crippen LogP contribution is -1.94. The molecule has 0 bridgehead atoms. The number of aryl methyl sites for hydroxylation is 2. The lowest BCUT2D eigenvalue weighted by Gasteiger charge is -2.06. The molecular formula is C17H16O3S. The van der Waals surface area contributed by atoms with Crippen LogP contribution < -0.4 is 4.74 Å². The Kier molecular flexibility index (Phi) is 4.06. The van der Waals surface area contributed by atoms with Crippen LogP contribution in [0.3, 0.4) is 0 Å². The number of ether oxygens (including phenoxy) is 1. The Bertz CT molecular complexity index is 685. The minimum Gasteiger partial charge on any atom is -0.488 e. The maximum atomic E-state index is 10.5. The second-order valence-corrected chi connectivity index (χ2v) is 6.09. The largest absolute Gasteiger partial charge is 0.488 e. The van der Waals surface area contributed by atoms with E-state index in [0.717, 1.165) is 28.7 Å². The standard InChI is InChI=1S/C17H16O3S/c18-17(19)7-4-12-8-16(21-11-12)10-20-15-6-5-13-2-1-3-14(13)9-15/h4-9,11H,1-3,10H2,(H,18,19). The zero-order chi connectivity index (χ0) is 14.7. The number of rotatable bonds is 5. The van der Waals surface area contributed by atoms with Crippen LogP contribution in [0.15, 0.2) is 35.7 Å². The molecule has 0 aliphatic heterocycles. The molecule has 1 aliphatic carbocycles. The molecule has 1 aromatic carbocycles. The van der Waals surface area contributed by atoms with Crippen molar-refractivity contribution in [2.45, 2.75) is 25.9 Å². The number of carbonyl (C=O) groups is 1. The zero-order valence-electron chi connectivity index (χ0n) is 11.5. The van der Waals surface area contributed by atoms with Gasteiger partial charge < -0.3 is 9.84 Å². The molecule has 108 valence electrons. The van der Waals surface area contributed by atoms with Crippen LogP contribution in [0.4, 0.5) is 0 Å². The topological polar surface area (TPSA) is 46.5 Å². The molecule has 0 atom stereocenters. The molecule has 0 amide bonds. The molecule has 0 radical (unpaired) electrons. The molecule has 1 N–H and O–H groups in total. The third-order valence-electron chi connectivity index (χ3n) is 3.54. The van der Waals surface area contributed by atoms with Gasteiger partial charge in [0.1, 0.15) is 12.4 Å². The van der Waals surface area contributed by atoms with Crippen LogP contribution in [0.5, 0.6) is 5.75 Å². The average Bonchev–Trinajstić information content (AvgIpc) is 3.11. The summed E-state index contributed by atoms with van der Waals surface area (Å²) >= 11 is 1.58. The lowest BCUT2D eigenvalue weighted by atomic mass is 10.1. The van der Waals surface area contributed by atoms with Crippen LogP contribution in [-0.2, 0) is 24.2 Å². The highest BCUT2D eigenvalue weighted by Crippen LogP contribution is 2.27. The second kappa shape index (κ2) is 6.14. The Morgan fingerprint density at radius 3 is 3.00 bits per heavy atom. The lowest BCUT2D eigenvalue weighted by molar-refractivity contribution is -0.131. The average molecular weight is 300 g/mol. The van der Waals surface area contributed by atoms with Crippen LogP contribution >= 0.6 is 11.3 Å². The SMILES string of the molecule is O=C(O)C=Cc1csc(COc2ccc3c(c2)CCC3)c1. The van der Waals surface area contributed by atoms with E-state index in [0.29, 0.717) is 6.61 Å². The summed E-state index contributed by atoms with van der Waals surface area (Å²) in [6.45, 7) is 0.518. The number of fused-ring (bicyclic) bond motifs is 1. The van der Waals surface area contributed by atoms with Crippen LogP contribution in [-0.4, -0.2) is 11.1 Å². The highest BCUT2D eigenvalue weighted by Gasteiger charge is 2.11. The summed E-state index contributed by atoms with van der Waals surface area (Å²) in [6.07, 6.45) is 6.31. The normalized spacial score (nSPS) is 13.5. The predicted molar refractivity (Wildman–Crippen MR) is 83.8 cm³/mol. The molecule has 1 aromatic heterocycles. The molecule has 3 nitrogen and oxygen atoms in total. The summed E-state index contributed by atoms with van der Waals surface area (Å²) in [6, 6.07) is 8.29. The van der Waals surface area contributed by atoms with Gasteiger partial charge in [-0.2, -0.15) is 0 Å². The van der Waals surface area contributed by atoms with Gasteiger partial charge in [0.2, 0.25) is 0 Å². The number of carboxylic acids is 1. The van der Waals surface area contributed by atoms with E-state index in [1.165, 1.54) is 24.0 Å². The fourth-order valence-electron chi connectivity index (χ4n) is 2.52. The van der Waals surface area contributed by atoms with Gasteiger partial charge >= 0.3 is 5.97 Å². The Labute approximate surface area is 127 Å². The molecule has 1 heterocycles. The summed E-state index contributed by atoms with van der Waals surface area (Å²) < 4.78 is 5.83. The monoisotopic (exact) mass is 300 g/mol. The van der Waals surface area contributed by atoms with Crippen molar-refractivity contribution in [2.24, 2.45) is 0 Å². The van der Waals surface area contributed by atoms with Crippen LogP contribution in [0, 0.1) is 0 Å². The summed E-state index contributed by atoms with van der Waals surface area (Å²) in [4.78, 5) is 11.6. The van der Waals surface area contributed by atoms with Crippen molar-refractivity contribution in [3.63, 3.8) is 0 Å². The molecule has 3 rings (SSSR count). The molecule has 0 saturated carbocycles. The van der Waals surface area contributed by atoms with E-state index in [2.05, 4.69) is 12.1 Å². The first-order chi connectivity index (χ1) is 10.2. The predicted octanol–water partition coefficient (Wildman–Crippen LogP) is 3.91. The number of aliphatic carboxylic acids is 1. The molecule has 0 saturated heterocycles. The van der Waals surface area contributed by atoms with Crippen molar-refractivity contribution in [3.8, 4) is 5.75 Å². The van der Waals surface area contributed by atoms with E-state index in [1.807, 2.05) is 17.5 Å². The Balaban J connectivity index is 1.61. The summed E-state index contributed by atoms with van der Waals surface area (Å²) in [7, 11) is 0. The summed E-state index contributed by atoms with van der Waals surface area (Å²) in [5.74, 6) is -0.0242. The smallest absolute Gasteiger partial charge is 0.328 e. The Morgan fingerprint density at radius 2 is 2.14 bits per heavy atom. The highest BCUT2D eigenvalue weighted by molar-refractivity contribution is 7.10. The zero-order valence-corrected chi connectivity index (χ0v) is 12.4. The maximum absolute atomic E-state index is 10.5. The molecule has 21 heavy (non-hydrogen) atoms. The van der Waals surface area contributed by atoms with Crippen molar-refractivity contribution in [1.29, 1.82) is 0 Å². The molecular weight excluding hydrogens is 284 g/mol. The number of carboxylic acid groups (broad SMARTS) is 1. The van der Waals surface area contributed by atoms with E-state index >= 15 is 0 Å². The van der Waals surface area contributed by atoms with E-state index in [9.17, 15) is 4.79 Å². The first-order valence-electron chi connectivity index (χ1n) is 6.94. The van der Waals surface area contributed by atoms with Gasteiger partial charge in [-0.25, -0.2) is 4.79 Å². The fourth-order valence-corrected chi connectivity index (χ4v) is 3.29. The molecule has 1 aliphatic rings. The molecule has 2 aromatic rings. The third kappa shape index (κ3) is 3.52. The van der Waals surface area contributed by atoms with E-state index < -0.39 is 5.97 Å². The van der Waals surface area contributed by atoms with E-state index in [1.54, 1.807) is 17.4 Å². The maximum Gasteiger partial charge on any atom is 0.328 e. The second-order valence-electron chi connectivity index (χ2n) is 5.09. The molecule has 0 spiro atoms.